The molecule has 0 spiro atoms. The van der Waals surface area contributed by atoms with Crippen molar-refractivity contribution in [3.05, 3.63) is 22.4 Å². The Bertz CT molecular complexity index is 426. The van der Waals surface area contributed by atoms with E-state index in [9.17, 15) is 4.79 Å². The fourth-order valence-electron chi connectivity index (χ4n) is 1.72. The molecule has 0 bridgehead atoms. The van der Waals surface area contributed by atoms with E-state index in [1.54, 1.807) is 9.13 Å². The SMILES string of the molecule is CCOCn1cc(C(C)(C)C)n(COCC)c1=O. The van der Waals surface area contributed by atoms with E-state index < -0.39 is 0 Å². The highest BCUT2D eigenvalue weighted by atomic mass is 16.5. The molecule has 0 amide bonds. The Balaban J connectivity index is 3.10. The Morgan fingerprint density at radius 3 is 2.17 bits per heavy atom. The average Bonchev–Trinajstić information content (AvgIpc) is 2.61. The number of imidazole rings is 1. The number of ether oxygens (including phenoxy) is 2. The quantitative estimate of drug-likeness (QED) is 0.781. The second-order valence-electron chi connectivity index (χ2n) is 5.19. The minimum Gasteiger partial charge on any atom is -0.361 e. The van der Waals surface area contributed by atoms with E-state index in [0.29, 0.717) is 19.9 Å². The van der Waals surface area contributed by atoms with Crippen molar-refractivity contribution >= 4 is 0 Å². The van der Waals surface area contributed by atoms with Crippen molar-refractivity contribution in [2.45, 2.75) is 53.5 Å². The molecule has 0 aliphatic rings. The van der Waals surface area contributed by atoms with Crippen LogP contribution < -0.4 is 5.69 Å². The van der Waals surface area contributed by atoms with Gasteiger partial charge in [-0.25, -0.2) is 4.79 Å². The van der Waals surface area contributed by atoms with Gasteiger partial charge in [-0.3, -0.25) is 9.13 Å². The van der Waals surface area contributed by atoms with Crippen LogP contribution in [0.4, 0.5) is 0 Å². The standard InChI is InChI=1S/C13H24N2O3/c1-6-17-9-14-8-11(13(3,4)5)15(12(14)16)10-18-7-2/h8H,6-7,9-10H2,1-5H3. The van der Waals surface area contributed by atoms with Crippen LogP contribution in [0.5, 0.6) is 0 Å². The Morgan fingerprint density at radius 2 is 1.67 bits per heavy atom. The summed E-state index contributed by atoms with van der Waals surface area (Å²) in [6, 6.07) is 0. The molecule has 0 unspecified atom stereocenters. The summed E-state index contributed by atoms with van der Waals surface area (Å²) in [6.45, 7) is 11.8. The summed E-state index contributed by atoms with van der Waals surface area (Å²) >= 11 is 0. The predicted molar refractivity (Wildman–Crippen MR) is 70.6 cm³/mol. The molecule has 1 aromatic rings. The first kappa shape index (κ1) is 15.0. The highest BCUT2D eigenvalue weighted by molar-refractivity contribution is 5.11. The van der Waals surface area contributed by atoms with Gasteiger partial charge >= 0.3 is 5.69 Å². The molecule has 0 aromatic carbocycles. The van der Waals surface area contributed by atoms with Crippen molar-refractivity contribution in [2.24, 2.45) is 0 Å². The lowest BCUT2D eigenvalue weighted by Gasteiger charge is -2.19. The molecule has 0 fully saturated rings. The number of hydrogen-bond donors (Lipinski definition) is 0. The molecule has 0 aliphatic heterocycles. The molecule has 5 nitrogen and oxygen atoms in total. The van der Waals surface area contributed by atoms with Crippen LogP contribution in [0.2, 0.25) is 0 Å². The fraction of sp³-hybridized carbons (Fsp3) is 0.769. The summed E-state index contributed by atoms with van der Waals surface area (Å²) in [4.78, 5) is 12.2. The number of nitrogens with zero attached hydrogens (tertiary/aromatic N) is 2. The second-order valence-corrected chi connectivity index (χ2v) is 5.19. The van der Waals surface area contributed by atoms with E-state index in [4.69, 9.17) is 9.47 Å². The third-order valence-electron chi connectivity index (χ3n) is 2.67. The molecule has 5 heteroatoms. The molecule has 1 heterocycles. The maximum absolute atomic E-state index is 12.2. The predicted octanol–water partition coefficient (Wildman–Crippen LogP) is 1.94. The van der Waals surface area contributed by atoms with E-state index in [0.717, 1.165) is 5.69 Å². The number of aromatic nitrogens is 2. The van der Waals surface area contributed by atoms with Crippen molar-refractivity contribution in [3.8, 4) is 0 Å². The average molecular weight is 256 g/mol. The Morgan fingerprint density at radius 1 is 1.11 bits per heavy atom. The van der Waals surface area contributed by atoms with Gasteiger partial charge in [0.15, 0.2) is 0 Å². The molecule has 0 N–H and O–H groups in total. The molecule has 0 atom stereocenters. The zero-order valence-electron chi connectivity index (χ0n) is 12.0. The second kappa shape index (κ2) is 6.20. The minimum atomic E-state index is -0.103. The number of rotatable bonds is 6. The van der Waals surface area contributed by atoms with Gasteiger partial charge in [-0.05, 0) is 13.8 Å². The molecule has 18 heavy (non-hydrogen) atoms. The van der Waals surface area contributed by atoms with Crippen molar-refractivity contribution in [3.63, 3.8) is 0 Å². The smallest absolute Gasteiger partial charge is 0.332 e. The molecule has 104 valence electrons. The van der Waals surface area contributed by atoms with Crippen LogP contribution in [0.3, 0.4) is 0 Å². The lowest BCUT2D eigenvalue weighted by atomic mass is 9.93. The summed E-state index contributed by atoms with van der Waals surface area (Å²) in [5.74, 6) is 0. The van der Waals surface area contributed by atoms with E-state index in [1.807, 2.05) is 20.0 Å². The van der Waals surface area contributed by atoms with Crippen LogP contribution in [0, 0.1) is 0 Å². The fourth-order valence-corrected chi connectivity index (χ4v) is 1.72. The van der Waals surface area contributed by atoms with Gasteiger partial charge in [0.1, 0.15) is 13.5 Å². The van der Waals surface area contributed by atoms with Crippen molar-refractivity contribution in [2.75, 3.05) is 13.2 Å². The van der Waals surface area contributed by atoms with Crippen LogP contribution in [0.25, 0.3) is 0 Å². The Kier molecular flexibility index (Phi) is 5.16. The van der Waals surface area contributed by atoms with Gasteiger partial charge in [-0.2, -0.15) is 0 Å². The van der Waals surface area contributed by atoms with Crippen molar-refractivity contribution < 1.29 is 9.47 Å². The van der Waals surface area contributed by atoms with E-state index in [1.165, 1.54) is 0 Å². The first-order valence-electron chi connectivity index (χ1n) is 6.37. The third-order valence-corrected chi connectivity index (χ3v) is 2.67. The molecule has 0 saturated carbocycles. The zero-order valence-corrected chi connectivity index (χ0v) is 12.0. The summed E-state index contributed by atoms with van der Waals surface area (Å²) in [7, 11) is 0. The minimum absolute atomic E-state index is 0.0816. The topological polar surface area (TPSA) is 45.4 Å². The summed E-state index contributed by atoms with van der Waals surface area (Å²) in [5, 5.41) is 0. The Hall–Kier alpha value is -1.07. The molecule has 1 aromatic heterocycles. The van der Waals surface area contributed by atoms with E-state index in [-0.39, 0.29) is 17.8 Å². The van der Waals surface area contributed by atoms with Crippen molar-refractivity contribution in [1.29, 1.82) is 0 Å². The molecular weight excluding hydrogens is 232 g/mol. The third kappa shape index (κ3) is 3.46. The van der Waals surface area contributed by atoms with Gasteiger partial charge in [-0.1, -0.05) is 20.8 Å². The number of hydrogen-bond acceptors (Lipinski definition) is 3. The zero-order chi connectivity index (χ0) is 13.8. The maximum atomic E-state index is 12.2. The molecule has 0 radical (unpaired) electrons. The highest BCUT2D eigenvalue weighted by Crippen LogP contribution is 2.21. The highest BCUT2D eigenvalue weighted by Gasteiger charge is 2.22. The Labute approximate surface area is 108 Å². The largest absolute Gasteiger partial charge is 0.361 e. The van der Waals surface area contributed by atoms with Gasteiger partial charge in [0.2, 0.25) is 0 Å². The van der Waals surface area contributed by atoms with Gasteiger partial charge in [0.25, 0.3) is 0 Å². The monoisotopic (exact) mass is 256 g/mol. The molecule has 0 saturated heterocycles. The molecular formula is C13H24N2O3. The van der Waals surface area contributed by atoms with Crippen LogP contribution >= 0.6 is 0 Å². The first-order chi connectivity index (χ1) is 8.41. The normalized spacial score (nSPS) is 12.1. The van der Waals surface area contributed by atoms with E-state index in [2.05, 4.69) is 20.8 Å². The summed E-state index contributed by atoms with van der Waals surface area (Å²) in [6.07, 6.45) is 1.86. The van der Waals surface area contributed by atoms with Crippen LogP contribution in [-0.2, 0) is 28.4 Å². The van der Waals surface area contributed by atoms with Gasteiger partial charge in [0.05, 0.1) is 0 Å². The first-order valence-corrected chi connectivity index (χ1v) is 6.37. The summed E-state index contributed by atoms with van der Waals surface area (Å²) < 4.78 is 13.9. The van der Waals surface area contributed by atoms with Gasteiger partial charge < -0.3 is 9.47 Å². The maximum Gasteiger partial charge on any atom is 0.332 e. The molecule has 0 aliphatic carbocycles. The van der Waals surface area contributed by atoms with Crippen molar-refractivity contribution in [1.82, 2.24) is 9.13 Å². The van der Waals surface area contributed by atoms with E-state index >= 15 is 0 Å². The summed E-state index contributed by atoms with van der Waals surface area (Å²) in [5.41, 5.74) is 0.774. The lowest BCUT2D eigenvalue weighted by molar-refractivity contribution is 0.0724. The van der Waals surface area contributed by atoms with Crippen LogP contribution in [0.15, 0.2) is 11.0 Å². The van der Waals surface area contributed by atoms with Crippen LogP contribution in [-0.4, -0.2) is 22.3 Å². The van der Waals surface area contributed by atoms with Crippen LogP contribution in [0.1, 0.15) is 40.3 Å². The molecule has 1 rings (SSSR count). The van der Waals surface area contributed by atoms with Gasteiger partial charge in [-0.15, -0.1) is 0 Å². The lowest BCUT2D eigenvalue weighted by Crippen LogP contribution is -2.29. The van der Waals surface area contributed by atoms with Gasteiger partial charge in [0, 0.05) is 30.5 Å².